The minimum absolute atomic E-state index is 0.882. The Hall–Kier alpha value is -0.0800. The van der Waals surface area contributed by atoms with Gasteiger partial charge in [-0.1, -0.05) is 26.7 Å². The van der Waals surface area contributed by atoms with Gasteiger partial charge in [-0.3, -0.25) is 4.90 Å². The Balaban J connectivity index is 1.74. The van der Waals surface area contributed by atoms with Gasteiger partial charge < -0.3 is 5.32 Å². The smallest absolute Gasteiger partial charge is 0.0140 e. The van der Waals surface area contributed by atoms with Crippen molar-refractivity contribution in [3.8, 4) is 0 Å². The van der Waals surface area contributed by atoms with E-state index in [0.29, 0.717) is 0 Å². The number of hydrogen-bond donors (Lipinski definition) is 1. The third-order valence-electron chi connectivity index (χ3n) is 5.75. The van der Waals surface area contributed by atoms with E-state index in [2.05, 4.69) is 24.1 Å². The minimum atomic E-state index is 0.882. The molecule has 98 valence electrons. The van der Waals surface area contributed by atoms with Crippen LogP contribution in [0.25, 0.3) is 0 Å². The molecule has 2 aliphatic heterocycles. The molecule has 2 heterocycles. The first-order chi connectivity index (χ1) is 8.35. The van der Waals surface area contributed by atoms with E-state index in [4.69, 9.17) is 0 Å². The first kappa shape index (κ1) is 12.0. The van der Waals surface area contributed by atoms with Gasteiger partial charge in [-0.25, -0.2) is 0 Å². The van der Waals surface area contributed by atoms with E-state index in [1.165, 1.54) is 51.7 Å². The molecule has 1 N–H and O–H groups in total. The SMILES string of the molecule is CCC1CCCC1N1CC2CNCC2C1CC. The standard InChI is InChI=1S/C15H28N2/c1-3-11-6-5-7-15(11)17-10-12-8-16-9-13(12)14(17)4-2/h11-16H,3-10H2,1-2H3. The normalized spacial score (nSPS) is 46.6. The molecule has 5 atom stereocenters. The molecular weight excluding hydrogens is 208 g/mol. The highest BCUT2D eigenvalue weighted by Crippen LogP contribution is 2.41. The van der Waals surface area contributed by atoms with E-state index in [-0.39, 0.29) is 0 Å². The summed E-state index contributed by atoms with van der Waals surface area (Å²) in [5, 5.41) is 3.60. The van der Waals surface area contributed by atoms with Gasteiger partial charge in [-0.15, -0.1) is 0 Å². The van der Waals surface area contributed by atoms with Crippen LogP contribution in [0.4, 0.5) is 0 Å². The maximum absolute atomic E-state index is 3.60. The summed E-state index contributed by atoms with van der Waals surface area (Å²) >= 11 is 0. The van der Waals surface area contributed by atoms with Gasteiger partial charge in [0.15, 0.2) is 0 Å². The molecule has 2 nitrogen and oxygen atoms in total. The molecule has 0 spiro atoms. The van der Waals surface area contributed by atoms with E-state index < -0.39 is 0 Å². The van der Waals surface area contributed by atoms with Crippen LogP contribution in [-0.4, -0.2) is 36.6 Å². The number of hydrogen-bond acceptors (Lipinski definition) is 2. The highest BCUT2D eigenvalue weighted by molar-refractivity contribution is 5.01. The molecule has 3 fully saturated rings. The summed E-state index contributed by atoms with van der Waals surface area (Å²) in [6.45, 7) is 8.73. The van der Waals surface area contributed by atoms with E-state index in [1.54, 1.807) is 0 Å². The number of rotatable bonds is 3. The van der Waals surface area contributed by atoms with E-state index >= 15 is 0 Å². The fraction of sp³-hybridized carbons (Fsp3) is 1.00. The first-order valence-corrected chi connectivity index (χ1v) is 7.81. The van der Waals surface area contributed by atoms with Crippen LogP contribution >= 0.6 is 0 Å². The van der Waals surface area contributed by atoms with E-state index in [1.807, 2.05) is 0 Å². The van der Waals surface area contributed by atoms with Crippen molar-refractivity contribution in [2.75, 3.05) is 19.6 Å². The van der Waals surface area contributed by atoms with Crippen molar-refractivity contribution in [3.63, 3.8) is 0 Å². The summed E-state index contributed by atoms with van der Waals surface area (Å²) in [7, 11) is 0. The Labute approximate surface area is 106 Å². The van der Waals surface area contributed by atoms with Gasteiger partial charge in [0.2, 0.25) is 0 Å². The maximum Gasteiger partial charge on any atom is 0.0140 e. The van der Waals surface area contributed by atoms with Gasteiger partial charge in [0.25, 0.3) is 0 Å². The van der Waals surface area contributed by atoms with Gasteiger partial charge in [-0.05, 0) is 50.1 Å². The third kappa shape index (κ3) is 1.94. The Morgan fingerprint density at radius 2 is 2.00 bits per heavy atom. The lowest BCUT2D eigenvalue weighted by molar-refractivity contribution is 0.123. The van der Waals surface area contributed by atoms with Crippen LogP contribution in [-0.2, 0) is 0 Å². The molecule has 0 radical (unpaired) electrons. The molecule has 3 aliphatic rings. The second kappa shape index (κ2) is 4.89. The zero-order valence-corrected chi connectivity index (χ0v) is 11.5. The largest absolute Gasteiger partial charge is 0.316 e. The van der Waals surface area contributed by atoms with Crippen molar-refractivity contribution in [1.29, 1.82) is 0 Å². The highest BCUT2D eigenvalue weighted by Gasteiger charge is 2.47. The summed E-state index contributed by atoms with van der Waals surface area (Å²) in [5.74, 6) is 2.91. The third-order valence-corrected chi connectivity index (χ3v) is 5.75. The van der Waals surface area contributed by atoms with E-state index in [0.717, 1.165) is 29.8 Å². The molecule has 3 rings (SSSR count). The molecule has 17 heavy (non-hydrogen) atoms. The van der Waals surface area contributed by atoms with Gasteiger partial charge in [0.1, 0.15) is 0 Å². The molecule has 2 saturated heterocycles. The predicted molar refractivity (Wildman–Crippen MR) is 72.1 cm³/mol. The molecule has 0 aromatic rings. The van der Waals surface area contributed by atoms with Crippen LogP contribution in [0.15, 0.2) is 0 Å². The zero-order valence-electron chi connectivity index (χ0n) is 11.5. The van der Waals surface area contributed by atoms with Gasteiger partial charge >= 0.3 is 0 Å². The summed E-state index contributed by atoms with van der Waals surface area (Å²) in [6, 6.07) is 1.81. The fourth-order valence-corrected chi connectivity index (χ4v) is 4.90. The summed E-state index contributed by atoms with van der Waals surface area (Å²) in [4.78, 5) is 2.93. The van der Waals surface area contributed by atoms with Gasteiger partial charge in [0, 0.05) is 18.6 Å². The minimum Gasteiger partial charge on any atom is -0.316 e. The number of likely N-dealkylation sites (tertiary alicyclic amines) is 1. The first-order valence-electron chi connectivity index (χ1n) is 7.81. The zero-order chi connectivity index (χ0) is 11.8. The molecule has 0 aromatic carbocycles. The summed E-state index contributed by atoms with van der Waals surface area (Å²) < 4.78 is 0. The van der Waals surface area contributed by atoms with Crippen molar-refractivity contribution in [1.82, 2.24) is 10.2 Å². The topological polar surface area (TPSA) is 15.3 Å². The summed E-state index contributed by atoms with van der Waals surface area (Å²) in [5.41, 5.74) is 0. The quantitative estimate of drug-likeness (QED) is 0.810. The number of fused-ring (bicyclic) bond motifs is 1. The molecule has 5 unspecified atom stereocenters. The predicted octanol–water partition coefficient (Wildman–Crippen LogP) is 2.49. The fourth-order valence-electron chi connectivity index (χ4n) is 4.90. The molecule has 0 aromatic heterocycles. The van der Waals surface area contributed by atoms with Crippen molar-refractivity contribution in [3.05, 3.63) is 0 Å². The Morgan fingerprint density at radius 3 is 2.76 bits per heavy atom. The maximum atomic E-state index is 3.60. The average Bonchev–Trinajstić information content (AvgIpc) is 3.02. The van der Waals surface area contributed by atoms with Gasteiger partial charge in [0.05, 0.1) is 0 Å². The second-order valence-electron chi connectivity index (χ2n) is 6.42. The molecule has 1 aliphatic carbocycles. The van der Waals surface area contributed by atoms with Gasteiger partial charge in [-0.2, -0.15) is 0 Å². The lowest BCUT2D eigenvalue weighted by Gasteiger charge is -2.35. The lowest BCUT2D eigenvalue weighted by atomic mass is 9.92. The van der Waals surface area contributed by atoms with Crippen LogP contribution in [0.1, 0.15) is 46.0 Å². The Morgan fingerprint density at radius 1 is 1.12 bits per heavy atom. The summed E-state index contributed by atoms with van der Waals surface area (Å²) in [6.07, 6.45) is 7.19. The van der Waals surface area contributed by atoms with Crippen LogP contribution in [0.5, 0.6) is 0 Å². The number of nitrogens with one attached hydrogen (secondary N) is 1. The van der Waals surface area contributed by atoms with Crippen molar-refractivity contribution in [2.24, 2.45) is 17.8 Å². The van der Waals surface area contributed by atoms with Crippen LogP contribution in [0.3, 0.4) is 0 Å². The van der Waals surface area contributed by atoms with Crippen molar-refractivity contribution < 1.29 is 0 Å². The Bertz CT molecular complexity index is 264. The molecule has 0 amide bonds. The lowest BCUT2D eigenvalue weighted by Crippen LogP contribution is -2.44. The van der Waals surface area contributed by atoms with Crippen LogP contribution in [0.2, 0.25) is 0 Å². The second-order valence-corrected chi connectivity index (χ2v) is 6.42. The average molecular weight is 236 g/mol. The monoisotopic (exact) mass is 236 g/mol. The molecule has 1 saturated carbocycles. The van der Waals surface area contributed by atoms with Crippen molar-refractivity contribution in [2.45, 2.75) is 58.0 Å². The van der Waals surface area contributed by atoms with Crippen LogP contribution in [0, 0.1) is 17.8 Å². The van der Waals surface area contributed by atoms with E-state index in [9.17, 15) is 0 Å². The number of nitrogens with zero attached hydrogens (tertiary/aromatic N) is 1. The van der Waals surface area contributed by atoms with Crippen molar-refractivity contribution >= 4 is 0 Å². The Kier molecular flexibility index (Phi) is 3.45. The highest BCUT2D eigenvalue weighted by atomic mass is 15.2. The molecular formula is C15H28N2. The molecule has 2 heteroatoms. The molecule has 0 bridgehead atoms. The van der Waals surface area contributed by atoms with Crippen LogP contribution < -0.4 is 5.32 Å².